The Hall–Kier alpha value is -3.18. The third-order valence-corrected chi connectivity index (χ3v) is 8.85. The highest BCUT2D eigenvalue weighted by atomic mass is 16.5. The molecule has 4 amide bonds. The number of aliphatic hydroxyl groups is 1. The van der Waals surface area contributed by atoms with Gasteiger partial charge in [0.1, 0.15) is 18.9 Å². The van der Waals surface area contributed by atoms with Gasteiger partial charge in [-0.05, 0) is 32.6 Å². The molecule has 59 heavy (non-hydrogen) atoms. The molecule has 0 radical (unpaired) electrons. The number of carbonyl (C=O) groups is 6. The van der Waals surface area contributed by atoms with Gasteiger partial charge >= 0.3 is 5.97 Å². The van der Waals surface area contributed by atoms with E-state index >= 15 is 0 Å². The predicted molar refractivity (Wildman–Crippen MR) is 230 cm³/mol. The molecular weight excluding hydrogens is 764 g/mol. The number of aliphatic hydroxyl groups excluding tert-OH is 1. The number of aldehydes is 1. The lowest BCUT2D eigenvalue weighted by Crippen LogP contribution is -2.41. The van der Waals surface area contributed by atoms with Gasteiger partial charge in [0.25, 0.3) is 0 Å². The van der Waals surface area contributed by atoms with Gasteiger partial charge in [0.2, 0.25) is 24.1 Å². The lowest BCUT2D eigenvalue weighted by Gasteiger charge is -2.14. The number of hydrogen-bond acceptors (Lipinski definition) is 11. The summed E-state index contributed by atoms with van der Waals surface area (Å²) in [5.74, 6) is -2.03. The van der Waals surface area contributed by atoms with Crippen LogP contribution in [0, 0.1) is 0 Å². The SMILES string of the molecule is CCCCCCNC=O.CCOCCOCCNC(=O)COCCOCCNC(=O)CCC(NC(=O)CCCCCCCCCCCCCCCCC=O)C(=O)O.CO. The van der Waals surface area contributed by atoms with Crippen LogP contribution in [0.25, 0.3) is 0 Å². The van der Waals surface area contributed by atoms with Crippen molar-refractivity contribution in [1.82, 2.24) is 21.3 Å². The molecule has 0 aliphatic carbocycles. The highest BCUT2D eigenvalue weighted by Crippen LogP contribution is 2.14. The number of ether oxygens (including phenoxy) is 4. The van der Waals surface area contributed by atoms with E-state index in [0.717, 1.165) is 71.3 Å². The van der Waals surface area contributed by atoms with Crippen molar-refractivity contribution in [3.05, 3.63) is 0 Å². The molecule has 0 rings (SSSR count). The molecule has 0 heterocycles. The molecule has 16 heteroatoms. The van der Waals surface area contributed by atoms with Crippen LogP contribution < -0.4 is 21.3 Å². The first-order valence-corrected chi connectivity index (χ1v) is 22.2. The van der Waals surface area contributed by atoms with Gasteiger partial charge in [0, 0.05) is 52.6 Å². The minimum Gasteiger partial charge on any atom is -0.480 e. The molecule has 0 spiro atoms. The van der Waals surface area contributed by atoms with Crippen LogP contribution in [-0.4, -0.2) is 132 Å². The van der Waals surface area contributed by atoms with E-state index in [2.05, 4.69) is 28.2 Å². The standard InChI is InChI=1S/C35H65N3O10.C7H15NO.CH4O/c1-2-45-26-27-46-25-22-37-34(42)30-48-29-28-47-24-21-36-32(40)20-19-31(35(43)44)38-33(41)18-16-14-12-10-8-6-4-3-5-7-9-11-13-15-17-23-39;1-2-3-4-5-6-8-7-9;1-2/h23,31H,2-22,24-30H2,1H3,(H,36,40)(H,37,42)(H,38,41)(H,43,44);7H,2-6H2,1H3,(H,8,9);2H,1H3. The summed E-state index contributed by atoms with van der Waals surface area (Å²) < 4.78 is 21.1. The van der Waals surface area contributed by atoms with Gasteiger partial charge in [0.05, 0.1) is 39.6 Å². The van der Waals surface area contributed by atoms with Gasteiger partial charge in [-0.3, -0.25) is 19.2 Å². The van der Waals surface area contributed by atoms with E-state index < -0.39 is 12.0 Å². The van der Waals surface area contributed by atoms with Crippen LogP contribution >= 0.6 is 0 Å². The van der Waals surface area contributed by atoms with Gasteiger partial charge in [-0.1, -0.05) is 103 Å². The van der Waals surface area contributed by atoms with E-state index in [1.165, 1.54) is 70.6 Å². The molecule has 348 valence electrons. The van der Waals surface area contributed by atoms with Gasteiger partial charge in [-0.25, -0.2) is 4.79 Å². The number of amides is 4. The van der Waals surface area contributed by atoms with Crippen LogP contribution in [0.2, 0.25) is 0 Å². The fraction of sp³-hybridized carbons (Fsp3) is 0.860. The van der Waals surface area contributed by atoms with Gasteiger partial charge in [-0.15, -0.1) is 0 Å². The van der Waals surface area contributed by atoms with Crippen molar-refractivity contribution in [2.45, 2.75) is 161 Å². The molecule has 0 aliphatic rings. The summed E-state index contributed by atoms with van der Waals surface area (Å²) in [6.07, 6.45) is 23.7. The van der Waals surface area contributed by atoms with Crippen molar-refractivity contribution in [2.24, 2.45) is 0 Å². The average molecular weight is 849 g/mol. The van der Waals surface area contributed by atoms with Gasteiger partial charge in [-0.2, -0.15) is 0 Å². The van der Waals surface area contributed by atoms with Gasteiger partial charge < -0.3 is 55.2 Å². The lowest BCUT2D eigenvalue weighted by molar-refractivity contribution is -0.142. The summed E-state index contributed by atoms with van der Waals surface area (Å²) in [6.45, 7) is 8.23. The smallest absolute Gasteiger partial charge is 0.326 e. The molecule has 0 fully saturated rings. The number of carboxylic acid groups (broad SMARTS) is 1. The van der Waals surface area contributed by atoms with E-state index in [-0.39, 0.29) is 70.0 Å². The van der Waals surface area contributed by atoms with Crippen LogP contribution in [0.4, 0.5) is 0 Å². The number of carbonyl (C=O) groups excluding carboxylic acids is 5. The lowest BCUT2D eigenvalue weighted by atomic mass is 10.0. The number of carboxylic acids is 1. The van der Waals surface area contributed by atoms with E-state index in [0.29, 0.717) is 39.4 Å². The number of nitrogens with one attached hydrogen (secondary N) is 4. The van der Waals surface area contributed by atoms with Crippen molar-refractivity contribution in [2.75, 3.05) is 79.6 Å². The van der Waals surface area contributed by atoms with E-state index in [9.17, 15) is 33.9 Å². The Labute approximate surface area is 355 Å². The maximum atomic E-state index is 12.3. The Bertz CT molecular complexity index is 962. The molecular formula is C43H84N4O12. The van der Waals surface area contributed by atoms with Crippen LogP contribution in [0.15, 0.2) is 0 Å². The first-order chi connectivity index (χ1) is 28.8. The zero-order chi connectivity index (χ0) is 44.3. The third kappa shape index (κ3) is 52.8. The minimum absolute atomic E-state index is 0.00443. The molecule has 0 aromatic rings. The van der Waals surface area contributed by atoms with Gasteiger partial charge in [0.15, 0.2) is 0 Å². The molecule has 0 aromatic carbocycles. The van der Waals surface area contributed by atoms with Crippen molar-refractivity contribution in [3.63, 3.8) is 0 Å². The molecule has 6 N–H and O–H groups in total. The number of unbranched alkanes of at least 4 members (excludes halogenated alkanes) is 17. The molecule has 0 bridgehead atoms. The molecule has 0 saturated heterocycles. The Morgan fingerprint density at radius 2 is 1.03 bits per heavy atom. The first kappa shape index (κ1) is 60.1. The first-order valence-electron chi connectivity index (χ1n) is 22.2. The Morgan fingerprint density at radius 1 is 0.542 bits per heavy atom. The van der Waals surface area contributed by atoms with Crippen molar-refractivity contribution in [3.8, 4) is 0 Å². The zero-order valence-corrected chi connectivity index (χ0v) is 37.0. The summed E-state index contributed by atoms with van der Waals surface area (Å²) >= 11 is 0. The Balaban J connectivity index is -0.00000249. The summed E-state index contributed by atoms with van der Waals surface area (Å²) in [7, 11) is 1.00. The summed E-state index contributed by atoms with van der Waals surface area (Å²) in [5, 5.41) is 27.0. The number of aliphatic carboxylic acids is 1. The topological polar surface area (TPSA) is 228 Å². The fourth-order valence-corrected chi connectivity index (χ4v) is 5.56. The fourth-order valence-electron chi connectivity index (χ4n) is 5.56. The van der Waals surface area contributed by atoms with Crippen LogP contribution in [0.5, 0.6) is 0 Å². The third-order valence-electron chi connectivity index (χ3n) is 8.85. The van der Waals surface area contributed by atoms with Crippen LogP contribution in [0.3, 0.4) is 0 Å². The van der Waals surface area contributed by atoms with Crippen LogP contribution in [-0.2, 0) is 47.7 Å². The molecule has 0 saturated carbocycles. The maximum absolute atomic E-state index is 12.3. The van der Waals surface area contributed by atoms with E-state index in [4.69, 9.17) is 24.1 Å². The average Bonchev–Trinajstić information content (AvgIpc) is 3.23. The number of rotatable bonds is 43. The predicted octanol–water partition coefficient (Wildman–Crippen LogP) is 5.02. The van der Waals surface area contributed by atoms with Crippen molar-refractivity contribution in [1.29, 1.82) is 0 Å². The summed E-state index contributed by atoms with van der Waals surface area (Å²) in [4.78, 5) is 67.7. The highest BCUT2D eigenvalue weighted by molar-refractivity contribution is 5.84. The minimum atomic E-state index is -1.16. The van der Waals surface area contributed by atoms with Crippen molar-refractivity contribution >= 4 is 36.4 Å². The monoisotopic (exact) mass is 849 g/mol. The Morgan fingerprint density at radius 3 is 1.54 bits per heavy atom. The van der Waals surface area contributed by atoms with Crippen molar-refractivity contribution < 1.29 is 57.9 Å². The molecule has 0 aliphatic heterocycles. The summed E-state index contributed by atoms with van der Waals surface area (Å²) in [6, 6.07) is -1.11. The largest absolute Gasteiger partial charge is 0.480 e. The quantitative estimate of drug-likeness (QED) is 0.0352. The second-order valence-corrected chi connectivity index (χ2v) is 14.0. The summed E-state index contributed by atoms with van der Waals surface area (Å²) in [5.41, 5.74) is 0. The Kier molecular flexibility index (Phi) is 53.8. The molecule has 16 nitrogen and oxygen atoms in total. The zero-order valence-electron chi connectivity index (χ0n) is 37.0. The molecule has 0 aromatic heterocycles. The highest BCUT2D eigenvalue weighted by Gasteiger charge is 2.20. The van der Waals surface area contributed by atoms with E-state index in [1.54, 1.807) is 0 Å². The second kappa shape index (κ2) is 52.8. The molecule has 1 atom stereocenters. The van der Waals surface area contributed by atoms with Crippen LogP contribution in [0.1, 0.15) is 155 Å². The number of hydrogen-bond donors (Lipinski definition) is 6. The normalized spacial score (nSPS) is 10.9. The molecule has 1 unspecified atom stereocenters. The van der Waals surface area contributed by atoms with E-state index in [1.807, 2.05) is 6.92 Å². The maximum Gasteiger partial charge on any atom is 0.326 e. The second-order valence-electron chi connectivity index (χ2n) is 14.0.